The summed E-state index contributed by atoms with van der Waals surface area (Å²) in [6, 6.07) is 0. The summed E-state index contributed by atoms with van der Waals surface area (Å²) in [6.07, 6.45) is -12.0. The lowest BCUT2D eigenvalue weighted by atomic mass is 9.98. The van der Waals surface area contributed by atoms with Crippen LogP contribution in [0.5, 0.6) is 0 Å². The van der Waals surface area contributed by atoms with Crippen LogP contribution in [0, 0.1) is 0 Å². The molecule has 0 amide bonds. The summed E-state index contributed by atoms with van der Waals surface area (Å²) < 4.78 is 20.3. The van der Waals surface area contributed by atoms with Crippen molar-refractivity contribution >= 4 is 0 Å². The first-order valence-electron chi connectivity index (χ1n) is 6.87. The maximum atomic E-state index is 9.99. The van der Waals surface area contributed by atoms with Crippen LogP contribution in [-0.4, -0.2) is 106 Å². The molecule has 22 heavy (non-hydrogen) atoms. The van der Waals surface area contributed by atoms with Gasteiger partial charge in [0.2, 0.25) is 0 Å². The third-order valence-corrected chi connectivity index (χ3v) is 3.83. The van der Waals surface area contributed by atoms with Crippen LogP contribution < -0.4 is 0 Å². The van der Waals surface area contributed by atoms with Crippen LogP contribution in [0.2, 0.25) is 0 Å². The Kier molecular flexibility index (Phi) is 6.07. The van der Waals surface area contributed by atoms with Crippen LogP contribution in [0.25, 0.3) is 0 Å². The Morgan fingerprint density at radius 1 is 1.00 bits per heavy atom. The summed E-state index contributed by atoms with van der Waals surface area (Å²) in [7, 11) is 1.28. The topological polar surface area (TPSA) is 158 Å². The van der Waals surface area contributed by atoms with E-state index in [0.717, 1.165) is 0 Å². The van der Waals surface area contributed by atoms with Gasteiger partial charge >= 0.3 is 0 Å². The lowest BCUT2D eigenvalue weighted by Gasteiger charge is -2.44. The number of aliphatic hydroxyl groups excluding tert-OH is 6. The van der Waals surface area contributed by atoms with E-state index in [4.69, 9.17) is 18.9 Å². The lowest BCUT2D eigenvalue weighted by molar-refractivity contribution is -0.353. The van der Waals surface area contributed by atoms with Crippen molar-refractivity contribution in [3.63, 3.8) is 0 Å². The molecular weight excluding hydrogens is 304 g/mol. The maximum absolute atomic E-state index is 9.99. The molecule has 9 atom stereocenters. The smallest absolute Gasteiger partial charge is 0.187 e. The van der Waals surface area contributed by atoms with E-state index in [1.54, 1.807) is 0 Å². The molecule has 2 aliphatic rings. The Morgan fingerprint density at radius 3 is 2.27 bits per heavy atom. The molecule has 6 N–H and O–H groups in total. The molecule has 10 heteroatoms. The summed E-state index contributed by atoms with van der Waals surface area (Å²) in [5.41, 5.74) is 0. The number of ether oxygens (including phenoxy) is 4. The summed E-state index contributed by atoms with van der Waals surface area (Å²) in [6.45, 7) is -0.777. The highest BCUT2D eigenvalue weighted by molar-refractivity contribution is 4.92. The first-order valence-corrected chi connectivity index (χ1v) is 6.87. The Bertz CT molecular complexity index is 353. The van der Waals surface area contributed by atoms with Gasteiger partial charge in [0.15, 0.2) is 12.6 Å². The van der Waals surface area contributed by atoms with Gasteiger partial charge in [0, 0.05) is 7.11 Å². The van der Waals surface area contributed by atoms with Crippen LogP contribution in [-0.2, 0) is 18.9 Å². The van der Waals surface area contributed by atoms with Crippen molar-refractivity contribution < 1.29 is 49.6 Å². The van der Waals surface area contributed by atoms with Crippen molar-refractivity contribution in [1.29, 1.82) is 0 Å². The maximum Gasteiger partial charge on any atom is 0.187 e. The van der Waals surface area contributed by atoms with Crippen molar-refractivity contribution in [3.05, 3.63) is 0 Å². The fraction of sp³-hybridized carbons (Fsp3) is 1.00. The van der Waals surface area contributed by atoms with Gasteiger partial charge in [0.25, 0.3) is 0 Å². The number of methoxy groups -OCH3 is 1. The molecule has 2 aliphatic heterocycles. The molecule has 2 saturated heterocycles. The molecule has 0 aliphatic carbocycles. The van der Waals surface area contributed by atoms with E-state index in [2.05, 4.69) is 0 Å². The van der Waals surface area contributed by atoms with Gasteiger partial charge < -0.3 is 49.6 Å². The summed E-state index contributed by atoms with van der Waals surface area (Å²) in [5, 5.41) is 58.2. The van der Waals surface area contributed by atoms with Crippen molar-refractivity contribution in [3.8, 4) is 0 Å². The highest BCUT2D eigenvalue weighted by atomic mass is 16.7. The van der Waals surface area contributed by atoms with E-state index in [9.17, 15) is 30.6 Å². The zero-order chi connectivity index (χ0) is 16.4. The quantitative estimate of drug-likeness (QED) is 0.300. The number of hydrogen-bond acceptors (Lipinski definition) is 10. The molecule has 0 saturated carbocycles. The molecule has 0 radical (unpaired) electrons. The fourth-order valence-electron chi connectivity index (χ4n) is 2.54. The predicted molar refractivity (Wildman–Crippen MR) is 67.4 cm³/mol. The Morgan fingerprint density at radius 2 is 1.68 bits per heavy atom. The molecule has 0 bridgehead atoms. The number of aliphatic hydroxyl groups is 6. The first kappa shape index (κ1) is 17.9. The van der Waals surface area contributed by atoms with E-state index < -0.39 is 61.9 Å². The minimum atomic E-state index is -1.55. The molecule has 0 aromatic heterocycles. The van der Waals surface area contributed by atoms with Crippen molar-refractivity contribution in [2.45, 2.75) is 55.3 Å². The summed E-state index contributed by atoms with van der Waals surface area (Å²) in [4.78, 5) is 0. The fourth-order valence-corrected chi connectivity index (χ4v) is 2.54. The predicted octanol–water partition coefficient (Wildman–Crippen LogP) is -4.10. The van der Waals surface area contributed by atoms with Gasteiger partial charge in [0.1, 0.15) is 42.7 Å². The molecule has 130 valence electrons. The molecule has 0 spiro atoms. The molecular formula is C12H22O10. The largest absolute Gasteiger partial charge is 0.394 e. The van der Waals surface area contributed by atoms with Crippen LogP contribution in [0.15, 0.2) is 0 Å². The van der Waals surface area contributed by atoms with Gasteiger partial charge in [0.05, 0.1) is 13.2 Å². The normalized spacial score (nSPS) is 50.0. The average molecular weight is 326 g/mol. The van der Waals surface area contributed by atoms with Gasteiger partial charge in [-0.3, -0.25) is 0 Å². The summed E-state index contributed by atoms with van der Waals surface area (Å²) in [5.74, 6) is 0. The van der Waals surface area contributed by atoms with E-state index in [-0.39, 0.29) is 6.61 Å². The highest BCUT2D eigenvalue weighted by Crippen LogP contribution is 2.27. The van der Waals surface area contributed by atoms with E-state index >= 15 is 0 Å². The Balaban J connectivity index is 2.07. The number of hydrogen-bond donors (Lipinski definition) is 6. The van der Waals surface area contributed by atoms with Gasteiger partial charge in [-0.1, -0.05) is 0 Å². The van der Waals surface area contributed by atoms with Gasteiger partial charge in [-0.2, -0.15) is 0 Å². The Hall–Kier alpha value is -0.400. The molecule has 0 aromatic rings. The van der Waals surface area contributed by atoms with Crippen molar-refractivity contribution in [2.24, 2.45) is 0 Å². The average Bonchev–Trinajstić information content (AvgIpc) is 2.51. The zero-order valence-corrected chi connectivity index (χ0v) is 11.9. The zero-order valence-electron chi connectivity index (χ0n) is 11.9. The SMILES string of the molecule is COC1C(CO)OC(OC2C(O)OCC(O)C2O)C(O)C1O. The Labute approximate surface area is 126 Å². The summed E-state index contributed by atoms with van der Waals surface area (Å²) >= 11 is 0. The van der Waals surface area contributed by atoms with E-state index in [1.165, 1.54) is 7.11 Å². The standard InChI is InChI=1S/C12H22O10/c1-19-9-5(2-13)21-12(8(17)7(9)16)22-10-6(15)4(14)3-20-11(10)18/h4-18H,2-3H2,1H3. The molecule has 2 fully saturated rings. The van der Waals surface area contributed by atoms with Gasteiger partial charge in [-0.25, -0.2) is 0 Å². The molecule has 9 unspecified atom stereocenters. The van der Waals surface area contributed by atoms with E-state index in [1.807, 2.05) is 0 Å². The van der Waals surface area contributed by atoms with Crippen LogP contribution in [0.1, 0.15) is 0 Å². The van der Waals surface area contributed by atoms with Crippen molar-refractivity contribution in [2.75, 3.05) is 20.3 Å². The minimum absolute atomic E-state index is 0.274. The van der Waals surface area contributed by atoms with Crippen LogP contribution in [0.4, 0.5) is 0 Å². The van der Waals surface area contributed by atoms with Gasteiger partial charge in [-0.15, -0.1) is 0 Å². The second-order valence-corrected chi connectivity index (χ2v) is 5.29. The third kappa shape index (κ3) is 3.41. The highest BCUT2D eigenvalue weighted by Gasteiger charge is 2.48. The first-order chi connectivity index (χ1) is 10.4. The lowest BCUT2D eigenvalue weighted by Crippen LogP contribution is -2.63. The second kappa shape index (κ2) is 7.45. The van der Waals surface area contributed by atoms with Crippen LogP contribution in [0.3, 0.4) is 0 Å². The monoisotopic (exact) mass is 326 g/mol. The minimum Gasteiger partial charge on any atom is -0.394 e. The van der Waals surface area contributed by atoms with Crippen LogP contribution >= 0.6 is 0 Å². The van der Waals surface area contributed by atoms with E-state index in [0.29, 0.717) is 0 Å². The molecule has 10 nitrogen and oxygen atoms in total. The second-order valence-electron chi connectivity index (χ2n) is 5.29. The van der Waals surface area contributed by atoms with Crippen molar-refractivity contribution in [1.82, 2.24) is 0 Å². The molecule has 0 aromatic carbocycles. The van der Waals surface area contributed by atoms with Gasteiger partial charge in [-0.05, 0) is 0 Å². The third-order valence-electron chi connectivity index (χ3n) is 3.83. The molecule has 2 heterocycles. The number of rotatable bonds is 4. The molecule has 2 rings (SSSR count).